The van der Waals surface area contributed by atoms with Crippen molar-refractivity contribution in [2.24, 2.45) is 0 Å². The number of likely N-dealkylation sites (N-methyl/N-ethyl adjacent to an activating group) is 1. The van der Waals surface area contributed by atoms with Gasteiger partial charge in [0.1, 0.15) is 0 Å². The van der Waals surface area contributed by atoms with Crippen LogP contribution in [0.1, 0.15) is 22.4 Å². The van der Waals surface area contributed by atoms with Gasteiger partial charge in [-0.2, -0.15) is 0 Å². The lowest BCUT2D eigenvalue weighted by atomic mass is 10.1. The van der Waals surface area contributed by atoms with Gasteiger partial charge in [0.15, 0.2) is 0 Å². The Bertz CT molecular complexity index is 687. The number of aryl methyl sites for hydroxylation is 1. The molecule has 3 rings (SSSR count). The minimum Gasteiger partial charge on any atom is -0.311 e. The Morgan fingerprint density at radius 1 is 1.10 bits per heavy atom. The largest absolute Gasteiger partial charge is 0.311 e. The molecule has 0 aliphatic rings. The average Bonchev–Trinajstić information content (AvgIpc) is 2.87. The van der Waals surface area contributed by atoms with Crippen molar-refractivity contribution in [3.05, 3.63) is 58.9 Å². The Morgan fingerprint density at radius 2 is 1.95 bits per heavy atom. The molecule has 3 nitrogen and oxygen atoms in total. The van der Waals surface area contributed by atoms with Crippen molar-refractivity contribution in [1.29, 1.82) is 0 Å². The van der Waals surface area contributed by atoms with Gasteiger partial charge in [0.25, 0.3) is 0 Å². The van der Waals surface area contributed by atoms with Crippen LogP contribution in [-0.4, -0.2) is 17.0 Å². The molecule has 0 bridgehead atoms. The second-order valence-electron chi connectivity index (χ2n) is 4.82. The quantitative estimate of drug-likeness (QED) is 0.796. The second kappa shape index (κ2) is 5.69. The van der Waals surface area contributed by atoms with E-state index in [9.17, 15) is 0 Å². The minimum atomic E-state index is 0.204. The van der Waals surface area contributed by atoms with Crippen LogP contribution in [0.15, 0.2) is 42.5 Å². The van der Waals surface area contributed by atoms with Gasteiger partial charge in [0, 0.05) is 12.1 Å². The van der Waals surface area contributed by atoms with Gasteiger partial charge in [0.2, 0.25) is 0 Å². The van der Waals surface area contributed by atoms with Crippen LogP contribution in [0.3, 0.4) is 0 Å². The van der Waals surface area contributed by atoms with Crippen LogP contribution in [0.25, 0.3) is 10.2 Å². The third kappa shape index (κ3) is 2.71. The van der Waals surface area contributed by atoms with Gasteiger partial charge in [-0.1, -0.05) is 18.2 Å². The number of hydrogen-bond acceptors (Lipinski definition) is 4. The minimum absolute atomic E-state index is 0.204. The zero-order valence-electron chi connectivity index (χ0n) is 11.6. The summed E-state index contributed by atoms with van der Waals surface area (Å²) in [6, 6.07) is 14.6. The van der Waals surface area contributed by atoms with E-state index in [2.05, 4.69) is 40.6 Å². The summed E-state index contributed by atoms with van der Waals surface area (Å²) < 4.78 is 1.24. The molecule has 0 aliphatic carbocycles. The summed E-state index contributed by atoms with van der Waals surface area (Å²) in [5.74, 6) is 0. The van der Waals surface area contributed by atoms with E-state index in [1.807, 2.05) is 26.1 Å². The molecular weight excluding hydrogens is 266 g/mol. The molecule has 0 spiro atoms. The molecule has 0 radical (unpaired) electrons. The lowest BCUT2D eigenvalue weighted by Crippen LogP contribution is -2.20. The van der Waals surface area contributed by atoms with Crippen LogP contribution in [0.2, 0.25) is 0 Å². The number of hydrogen-bond donors (Lipinski definition) is 1. The van der Waals surface area contributed by atoms with E-state index in [-0.39, 0.29) is 6.04 Å². The molecule has 2 heterocycles. The van der Waals surface area contributed by atoms with E-state index in [1.165, 1.54) is 4.70 Å². The first kappa shape index (κ1) is 13.2. The number of para-hydroxylation sites is 1. The summed E-state index contributed by atoms with van der Waals surface area (Å²) in [5, 5.41) is 4.49. The summed E-state index contributed by atoms with van der Waals surface area (Å²) in [4.78, 5) is 9.31. The number of fused-ring (bicyclic) bond motifs is 1. The molecule has 0 fully saturated rings. The Balaban J connectivity index is 1.87. The fourth-order valence-corrected chi connectivity index (χ4v) is 3.31. The Labute approximate surface area is 122 Å². The van der Waals surface area contributed by atoms with Crippen molar-refractivity contribution in [2.75, 3.05) is 7.05 Å². The van der Waals surface area contributed by atoms with E-state index >= 15 is 0 Å². The van der Waals surface area contributed by atoms with Crippen molar-refractivity contribution in [3.63, 3.8) is 0 Å². The van der Waals surface area contributed by atoms with E-state index in [4.69, 9.17) is 4.98 Å². The van der Waals surface area contributed by atoms with Gasteiger partial charge in [-0.25, -0.2) is 4.98 Å². The molecule has 3 aromatic rings. The molecule has 4 heteroatoms. The summed E-state index contributed by atoms with van der Waals surface area (Å²) in [6.45, 7) is 2.02. The molecule has 1 aromatic carbocycles. The zero-order chi connectivity index (χ0) is 13.9. The number of thiazole rings is 1. The maximum Gasteiger partial charge on any atom is 0.0958 e. The summed E-state index contributed by atoms with van der Waals surface area (Å²) >= 11 is 1.76. The highest BCUT2D eigenvalue weighted by molar-refractivity contribution is 7.18. The van der Waals surface area contributed by atoms with E-state index in [1.54, 1.807) is 11.3 Å². The van der Waals surface area contributed by atoms with Crippen LogP contribution in [-0.2, 0) is 6.42 Å². The predicted molar refractivity (Wildman–Crippen MR) is 84.1 cm³/mol. The number of aromatic nitrogens is 2. The fourth-order valence-electron chi connectivity index (χ4n) is 2.29. The first-order chi connectivity index (χ1) is 9.76. The van der Waals surface area contributed by atoms with Crippen molar-refractivity contribution in [3.8, 4) is 0 Å². The fraction of sp³-hybridized carbons (Fsp3) is 0.250. The molecule has 0 saturated carbocycles. The van der Waals surface area contributed by atoms with Crippen LogP contribution >= 0.6 is 11.3 Å². The lowest BCUT2D eigenvalue weighted by molar-refractivity contribution is 0.573. The number of rotatable bonds is 4. The average molecular weight is 283 g/mol. The maximum atomic E-state index is 4.70. The smallest absolute Gasteiger partial charge is 0.0958 e. The van der Waals surface area contributed by atoms with Crippen LogP contribution < -0.4 is 5.32 Å². The summed E-state index contributed by atoms with van der Waals surface area (Å²) in [6.07, 6.45) is 0.867. The predicted octanol–water partition coefficient (Wildman–Crippen LogP) is 3.50. The normalized spacial score (nSPS) is 12.7. The van der Waals surface area contributed by atoms with Crippen molar-refractivity contribution in [2.45, 2.75) is 19.4 Å². The highest BCUT2D eigenvalue weighted by atomic mass is 32.1. The van der Waals surface area contributed by atoms with E-state index < -0.39 is 0 Å². The first-order valence-electron chi connectivity index (χ1n) is 6.71. The van der Waals surface area contributed by atoms with Crippen molar-refractivity contribution < 1.29 is 0 Å². The molecule has 2 aromatic heterocycles. The van der Waals surface area contributed by atoms with E-state index in [0.717, 1.165) is 28.3 Å². The van der Waals surface area contributed by atoms with Gasteiger partial charge in [0.05, 0.1) is 27.0 Å². The van der Waals surface area contributed by atoms with Crippen LogP contribution in [0.5, 0.6) is 0 Å². The second-order valence-corrected chi connectivity index (χ2v) is 5.94. The summed E-state index contributed by atoms with van der Waals surface area (Å²) in [7, 11) is 1.97. The van der Waals surface area contributed by atoms with Crippen molar-refractivity contribution in [1.82, 2.24) is 15.3 Å². The molecule has 1 atom stereocenters. The third-order valence-electron chi connectivity index (χ3n) is 3.33. The molecule has 1 unspecified atom stereocenters. The SMILES string of the molecule is CNC(Cc1nc2ccccc2s1)c1cccc(C)n1. The number of nitrogens with one attached hydrogen (secondary N) is 1. The zero-order valence-corrected chi connectivity index (χ0v) is 12.4. The molecule has 102 valence electrons. The molecule has 0 aliphatic heterocycles. The molecule has 1 N–H and O–H groups in total. The number of nitrogens with zero attached hydrogens (tertiary/aromatic N) is 2. The summed E-state index contributed by atoms with van der Waals surface area (Å²) in [5.41, 5.74) is 3.21. The molecule has 0 saturated heterocycles. The van der Waals surface area contributed by atoms with Gasteiger partial charge in [-0.05, 0) is 38.2 Å². The molecule has 0 amide bonds. The first-order valence-corrected chi connectivity index (χ1v) is 7.53. The molecule has 20 heavy (non-hydrogen) atoms. The van der Waals surface area contributed by atoms with Gasteiger partial charge in [-0.3, -0.25) is 4.98 Å². The van der Waals surface area contributed by atoms with Gasteiger partial charge < -0.3 is 5.32 Å². The van der Waals surface area contributed by atoms with Crippen LogP contribution in [0, 0.1) is 6.92 Å². The maximum absolute atomic E-state index is 4.70. The topological polar surface area (TPSA) is 37.8 Å². The highest BCUT2D eigenvalue weighted by Crippen LogP contribution is 2.25. The Morgan fingerprint density at radius 3 is 2.70 bits per heavy atom. The van der Waals surface area contributed by atoms with Crippen LogP contribution in [0.4, 0.5) is 0 Å². The number of pyridine rings is 1. The lowest BCUT2D eigenvalue weighted by Gasteiger charge is -2.14. The molecular formula is C16H17N3S. The van der Waals surface area contributed by atoms with E-state index in [0.29, 0.717) is 0 Å². The Kier molecular flexibility index (Phi) is 3.76. The van der Waals surface area contributed by atoms with Gasteiger partial charge >= 0.3 is 0 Å². The van der Waals surface area contributed by atoms with Gasteiger partial charge in [-0.15, -0.1) is 11.3 Å². The monoisotopic (exact) mass is 283 g/mol. The Hall–Kier alpha value is -1.78. The third-order valence-corrected chi connectivity index (χ3v) is 4.39. The van der Waals surface area contributed by atoms with Crippen molar-refractivity contribution >= 4 is 21.6 Å². The highest BCUT2D eigenvalue weighted by Gasteiger charge is 2.14. The number of benzene rings is 1. The standard InChI is InChI=1S/C16H17N3S/c1-11-6-5-8-12(18-11)14(17-2)10-16-19-13-7-3-4-9-15(13)20-16/h3-9,14,17H,10H2,1-2H3.